The predicted octanol–water partition coefficient (Wildman–Crippen LogP) is 1.63. The van der Waals surface area contributed by atoms with Crippen LogP contribution in [0.4, 0.5) is 0 Å². The summed E-state index contributed by atoms with van der Waals surface area (Å²) in [6.07, 6.45) is 4.61. The Morgan fingerprint density at radius 2 is 2.07 bits per heavy atom. The molecule has 2 unspecified atom stereocenters. The summed E-state index contributed by atoms with van der Waals surface area (Å²) in [6, 6.07) is -0.895. The van der Waals surface area contributed by atoms with E-state index in [4.69, 9.17) is 15.6 Å². The van der Waals surface area contributed by atoms with Crippen molar-refractivity contribution >= 4 is 5.97 Å². The van der Waals surface area contributed by atoms with Crippen LogP contribution in [0, 0.1) is 5.92 Å². The Labute approximate surface area is 91.8 Å². The number of carboxylic acids is 1. The molecule has 0 aliphatic heterocycles. The SMILES string of the molecule is CCCCC(CC)COCC(N)C(=O)O. The van der Waals surface area contributed by atoms with Crippen LogP contribution in [0.15, 0.2) is 0 Å². The zero-order chi connectivity index (χ0) is 11.7. The third-order valence-electron chi connectivity index (χ3n) is 2.51. The molecule has 0 fully saturated rings. The molecule has 0 aliphatic rings. The van der Waals surface area contributed by atoms with Crippen LogP contribution in [0.5, 0.6) is 0 Å². The average molecular weight is 217 g/mol. The van der Waals surface area contributed by atoms with E-state index in [-0.39, 0.29) is 6.61 Å². The van der Waals surface area contributed by atoms with Gasteiger partial charge in [0.15, 0.2) is 0 Å². The normalized spacial score (nSPS) is 14.9. The van der Waals surface area contributed by atoms with Gasteiger partial charge in [0.2, 0.25) is 0 Å². The van der Waals surface area contributed by atoms with E-state index in [0.717, 1.165) is 12.8 Å². The van der Waals surface area contributed by atoms with Gasteiger partial charge in [0.25, 0.3) is 0 Å². The number of carboxylic acid groups (broad SMARTS) is 1. The van der Waals surface area contributed by atoms with Gasteiger partial charge in [-0.15, -0.1) is 0 Å². The third-order valence-corrected chi connectivity index (χ3v) is 2.51. The molecule has 0 amide bonds. The van der Waals surface area contributed by atoms with Crippen molar-refractivity contribution in [1.82, 2.24) is 0 Å². The van der Waals surface area contributed by atoms with Crippen LogP contribution in [0.3, 0.4) is 0 Å². The van der Waals surface area contributed by atoms with Crippen molar-refractivity contribution in [1.29, 1.82) is 0 Å². The molecule has 0 saturated carbocycles. The molecule has 0 saturated heterocycles. The molecule has 0 aliphatic carbocycles. The van der Waals surface area contributed by atoms with Crippen LogP contribution in [-0.4, -0.2) is 30.3 Å². The van der Waals surface area contributed by atoms with Crippen molar-refractivity contribution in [2.24, 2.45) is 11.7 Å². The Hall–Kier alpha value is -0.610. The lowest BCUT2D eigenvalue weighted by atomic mass is 10.0. The van der Waals surface area contributed by atoms with E-state index in [1.54, 1.807) is 0 Å². The molecule has 4 nitrogen and oxygen atoms in total. The molecule has 4 heteroatoms. The fourth-order valence-electron chi connectivity index (χ4n) is 1.33. The van der Waals surface area contributed by atoms with E-state index in [9.17, 15) is 4.79 Å². The first-order valence-corrected chi connectivity index (χ1v) is 5.67. The second kappa shape index (κ2) is 8.68. The van der Waals surface area contributed by atoms with Gasteiger partial charge in [-0.3, -0.25) is 4.79 Å². The minimum atomic E-state index is -1.00. The van der Waals surface area contributed by atoms with E-state index >= 15 is 0 Å². The van der Waals surface area contributed by atoms with E-state index in [1.165, 1.54) is 12.8 Å². The summed E-state index contributed by atoms with van der Waals surface area (Å²) < 4.78 is 5.30. The minimum absolute atomic E-state index is 0.109. The van der Waals surface area contributed by atoms with Gasteiger partial charge in [0.1, 0.15) is 6.04 Å². The first-order chi connectivity index (χ1) is 7.11. The lowest BCUT2D eigenvalue weighted by Crippen LogP contribution is -2.35. The highest BCUT2D eigenvalue weighted by atomic mass is 16.5. The molecule has 0 aromatic rings. The van der Waals surface area contributed by atoms with Gasteiger partial charge in [0.05, 0.1) is 6.61 Å². The largest absolute Gasteiger partial charge is 0.480 e. The van der Waals surface area contributed by atoms with Gasteiger partial charge in [-0.25, -0.2) is 0 Å². The number of aliphatic carboxylic acids is 1. The number of hydrogen-bond donors (Lipinski definition) is 2. The maximum atomic E-state index is 10.4. The van der Waals surface area contributed by atoms with Crippen LogP contribution >= 0.6 is 0 Å². The van der Waals surface area contributed by atoms with Crippen molar-refractivity contribution in [2.75, 3.05) is 13.2 Å². The Balaban J connectivity index is 3.57. The Morgan fingerprint density at radius 1 is 1.40 bits per heavy atom. The smallest absolute Gasteiger partial charge is 0.322 e. The Bertz CT molecular complexity index is 173. The van der Waals surface area contributed by atoms with Gasteiger partial charge in [-0.1, -0.05) is 33.1 Å². The molecular weight excluding hydrogens is 194 g/mol. The molecule has 3 N–H and O–H groups in total. The number of nitrogens with two attached hydrogens (primary N) is 1. The van der Waals surface area contributed by atoms with Crippen molar-refractivity contribution in [2.45, 2.75) is 45.6 Å². The van der Waals surface area contributed by atoms with E-state index in [1.807, 2.05) is 0 Å². The van der Waals surface area contributed by atoms with Gasteiger partial charge in [-0.2, -0.15) is 0 Å². The first kappa shape index (κ1) is 14.4. The molecule has 0 rings (SSSR count). The average Bonchev–Trinajstić information content (AvgIpc) is 2.22. The molecule has 0 radical (unpaired) electrons. The summed E-state index contributed by atoms with van der Waals surface area (Å²) >= 11 is 0. The molecule has 15 heavy (non-hydrogen) atoms. The van der Waals surface area contributed by atoms with Crippen molar-refractivity contribution in [3.8, 4) is 0 Å². The first-order valence-electron chi connectivity index (χ1n) is 5.67. The van der Waals surface area contributed by atoms with Crippen molar-refractivity contribution in [3.05, 3.63) is 0 Å². The van der Waals surface area contributed by atoms with Crippen molar-refractivity contribution in [3.63, 3.8) is 0 Å². The Morgan fingerprint density at radius 3 is 2.53 bits per heavy atom. The number of carbonyl (C=O) groups is 1. The summed E-state index contributed by atoms with van der Waals surface area (Å²) in [5, 5.41) is 8.54. The highest BCUT2D eigenvalue weighted by molar-refractivity contribution is 5.73. The third kappa shape index (κ3) is 7.33. The van der Waals surface area contributed by atoms with Crippen LogP contribution in [0.1, 0.15) is 39.5 Å². The minimum Gasteiger partial charge on any atom is -0.480 e. The fourth-order valence-corrected chi connectivity index (χ4v) is 1.33. The highest BCUT2D eigenvalue weighted by Crippen LogP contribution is 2.12. The van der Waals surface area contributed by atoms with Gasteiger partial charge in [-0.05, 0) is 12.3 Å². The Kier molecular flexibility index (Phi) is 8.33. The van der Waals surface area contributed by atoms with E-state index < -0.39 is 12.0 Å². The lowest BCUT2D eigenvalue weighted by Gasteiger charge is -2.15. The summed E-state index contributed by atoms with van der Waals surface area (Å²) in [5.41, 5.74) is 5.32. The van der Waals surface area contributed by atoms with Crippen LogP contribution in [0.25, 0.3) is 0 Å². The van der Waals surface area contributed by atoms with Crippen LogP contribution < -0.4 is 5.73 Å². The summed E-state index contributed by atoms with van der Waals surface area (Å²) in [4.78, 5) is 10.4. The fraction of sp³-hybridized carbons (Fsp3) is 0.909. The number of ether oxygens (including phenoxy) is 1. The number of hydrogen-bond acceptors (Lipinski definition) is 3. The molecule has 0 aromatic heterocycles. The number of rotatable bonds is 9. The molecule has 2 atom stereocenters. The molecule has 90 valence electrons. The summed E-state index contributed by atoms with van der Waals surface area (Å²) in [5.74, 6) is -0.470. The van der Waals surface area contributed by atoms with Gasteiger partial charge in [0, 0.05) is 6.61 Å². The quantitative estimate of drug-likeness (QED) is 0.615. The van der Waals surface area contributed by atoms with Gasteiger partial charge >= 0.3 is 5.97 Å². The molecule has 0 aromatic carbocycles. The van der Waals surface area contributed by atoms with Gasteiger partial charge < -0.3 is 15.6 Å². The lowest BCUT2D eigenvalue weighted by molar-refractivity contribution is -0.140. The zero-order valence-corrected chi connectivity index (χ0v) is 9.74. The molecule has 0 bridgehead atoms. The van der Waals surface area contributed by atoms with Crippen LogP contribution in [-0.2, 0) is 9.53 Å². The topological polar surface area (TPSA) is 72.5 Å². The van der Waals surface area contributed by atoms with Crippen LogP contribution in [0.2, 0.25) is 0 Å². The van der Waals surface area contributed by atoms with E-state index in [2.05, 4.69) is 13.8 Å². The monoisotopic (exact) mass is 217 g/mol. The zero-order valence-electron chi connectivity index (χ0n) is 9.74. The second-order valence-electron chi connectivity index (χ2n) is 3.90. The second-order valence-corrected chi connectivity index (χ2v) is 3.90. The molecular formula is C11H23NO3. The number of unbranched alkanes of at least 4 members (excludes halogenated alkanes) is 1. The summed E-state index contributed by atoms with van der Waals surface area (Å²) in [6.45, 7) is 5.02. The highest BCUT2D eigenvalue weighted by Gasteiger charge is 2.12. The standard InChI is InChI=1S/C11H23NO3/c1-3-5-6-9(4-2)7-15-8-10(12)11(13)14/h9-10H,3-8,12H2,1-2H3,(H,13,14). The molecule has 0 spiro atoms. The molecule has 0 heterocycles. The van der Waals surface area contributed by atoms with E-state index in [0.29, 0.717) is 12.5 Å². The maximum Gasteiger partial charge on any atom is 0.322 e. The predicted molar refractivity (Wildman–Crippen MR) is 59.7 cm³/mol. The summed E-state index contributed by atoms with van der Waals surface area (Å²) in [7, 11) is 0. The maximum absolute atomic E-state index is 10.4. The van der Waals surface area contributed by atoms with Crippen molar-refractivity contribution < 1.29 is 14.6 Å².